The first kappa shape index (κ1) is 30.2. The third-order valence-corrected chi connectivity index (χ3v) is 3.42. The van der Waals surface area contributed by atoms with Crippen molar-refractivity contribution in [3.8, 4) is 0 Å². The second-order valence-electron chi connectivity index (χ2n) is 5.78. The van der Waals surface area contributed by atoms with Gasteiger partial charge in [0.25, 0.3) is 0 Å². The first-order valence-electron chi connectivity index (χ1n) is 9.30. The molecule has 0 amide bonds. The molecule has 0 spiro atoms. The molecule has 0 atom stereocenters. The maximum Gasteiger partial charge on any atom is 0 e. The summed E-state index contributed by atoms with van der Waals surface area (Å²) in [6.45, 7) is 24.2. The number of hydrogen-bond donors (Lipinski definition) is 0. The average Bonchev–Trinajstić information content (AvgIpc) is 3.30. The summed E-state index contributed by atoms with van der Waals surface area (Å²) in [4.78, 5) is 24.4. The average molecular weight is 423 g/mol. The molecule has 7 heteroatoms. The van der Waals surface area contributed by atoms with Gasteiger partial charge in [-0.25, -0.2) is 0 Å². The van der Waals surface area contributed by atoms with Gasteiger partial charge in [-0.05, 0) is 76.7 Å². The molecule has 2 rings (SSSR count). The molecule has 162 valence electrons. The zero-order valence-electron chi connectivity index (χ0n) is 17.2. The minimum atomic E-state index is 0. The van der Waals surface area contributed by atoms with Gasteiger partial charge in [-0.15, -0.1) is 0 Å². The van der Waals surface area contributed by atoms with Crippen LogP contribution in [0.15, 0.2) is 24.8 Å². The van der Waals surface area contributed by atoms with Crippen LogP contribution in [0.1, 0.15) is 53.4 Å². The molecule has 0 unspecified atom stereocenters. The Morgan fingerprint density at radius 3 is 0.889 bits per heavy atom. The van der Waals surface area contributed by atoms with Crippen molar-refractivity contribution >= 4 is 13.6 Å². The molecule has 0 radical (unpaired) electrons. The van der Waals surface area contributed by atoms with Gasteiger partial charge in [-0.2, -0.15) is 13.3 Å². The Labute approximate surface area is 177 Å². The molecule has 0 aromatic heterocycles. The van der Waals surface area contributed by atoms with E-state index in [4.69, 9.17) is 9.59 Å². The van der Waals surface area contributed by atoms with Crippen molar-refractivity contribution in [1.82, 2.24) is 19.6 Å². The Morgan fingerprint density at radius 1 is 0.556 bits per heavy atom. The van der Waals surface area contributed by atoms with Gasteiger partial charge in [0.2, 0.25) is 0 Å². The fourth-order valence-electron chi connectivity index (χ4n) is 2.44. The molecule has 27 heavy (non-hydrogen) atoms. The van der Waals surface area contributed by atoms with Crippen LogP contribution in [0.4, 0.5) is 0 Å². The second kappa shape index (κ2) is 22.6. The van der Waals surface area contributed by atoms with Crippen molar-refractivity contribution in [1.29, 1.82) is 0 Å². The molecule has 0 aromatic carbocycles. The smallest absolute Gasteiger partial charge is 0 e. The van der Waals surface area contributed by atoms with E-state index in [-0.39, 0.29) is 16.5 Å². The van der Waals surface area contributed by atoms with Crippen LogP contribution in [0.25, 0.3) is 0 Å². The Balaban J connectivity index is -0.000000349. The predicted molar refractivity (Wildman–Crippen MR) is 108 cm³/mol. The third kappa shape index (κ3) is 15.3. The molecular formula is C20H36N4NiO2-4. The Bertz CT molecular complexity index is 308. The second-order valence-corrected chi connectivity index (χ2v) is 5.78. The zero-order valence-corrected chi connectivity index (χ0v) is 18.2. The largest absolute Gasteiger partial charge is 0.545 e. The Kier molecular flexibility index (Phi) is 25.3. The van der Waals surface area contributed by atoms with E-state index in [2.05, 4.69) is 99.0 Å². The van der Waals surface area contributed by atoms with Crippen LogP contribution in [-0.4, -0.2) is 59.4 Å². The van der Waals surface area contributed by atoms with Gasteiger partial charge in [0.1, 0.15) is 0 Å². The maximum atomic E-state index is 7.75. The van der Waals surface area contributed by atoms with E-state index in [9.17, 15) is 0 Å². The van der Waals surface area contributed by atoms with E-state index in [1.807, 2.05) is 0 Å². The number of carbonyl (C=O) groups excluding carboxylic acids is 2. The van der Waals surface area contributed by atoms with Crippen molar-refractivity contribution in [2.24, 2.45) is 0 Å². The Morgan fingerprint density at radius 2 is 0.741 bits per heavy atom. The van der Waals surface area contributed by atoms with Crippen molar-refractivity contribution < 1.29 is 26.1 Å². The molecule has 0 N–H and O–H groups in total. The number of rotatable bonds is 8. The van der Waals surface area contributed by atoms with Gasteiger partial charge in [0.15, 0.2) is 0 Å². The molecular weight excluding hydrogens is 387 g/mol. The standard InChI is InChI=1S/2C9H17N2.2CHO.Ni/c2*1-3-5-10-7-8-11(9-10)6-4-2;2*1-2;/h2*7-9H,3-6H2,1-2H3;2*1H;/q4*-1;. The summed E-state index contributed by atoms with van der Waals surface area (Å²) in [5.41, 5.74) is 0. The number of nitrogens with zero attached hydrogens (tertiary/aromatic N) is 4. The fraction of sp³-hybridized carbons (Fsp3) is 0.600. The summed E-state index contributed by atoms with van der Waals surface area (Å²) in [6.07, 6.45) is 13.4. The topological polar surface area (TPSA) is 47.1 Å². The maximum absolute atomic E-state index is 7.75. The normalized spacial score (nSPS) is 13.8. The molecule has 0 saturated carbocycles. The molecule has 0 fully saturated rings. The van der Waals surface area contributed by atoms with Crippen LogP contribution < -0.4 is 0 Å². The van der Waals surface area contributed by atoms with E-state index in [0.29, 0.717) is 0 Å². The van der Waals surface area contributed by atoms with Gasteiger partial charge in [-0.3, -0.25) is 13.6 Å². The molecule has 0 saturated heterocycles. The predicted octanol–water partition coefficient (Wildman–Crippen LogP) is 3.48. The van der Waals surface area contributed by atoms with Crippen LogP contribution in [-0.2, 0) is 26.1 Å². The summed E-state index contributed by atoms with van der Waals surface area (Å²) in [5, 5.41) is 0. The summed E-state index contributed by atoms with van der Waals surface area (Å²) in [7, 11) is 0. The van der Waals surface area contributed by atoms with Gasteiger partial charge < -0.3 is 29.2 Å². The van der Waals surface area contributed by atoms with Crippen molar-refractivity contribution in [2.45, 2.75) is 53.4 Å². The summed E-state index contributed by atoms with van der Waals surface area (Å²) in [5.74, 6) is 0. The molecule has 2 heterocycles. The SMILES string of the molecule is CCCN1C=CN(CCC)[CH-]1.CCCN1C=CN(CCC)[CH-]1.[CH-]=O.[CH-]=O.[Ni]. The monoisotopic (exact) mass is 422 g/mol. The minimum absolute atomic E-state index is 0. The molecule has 0 aromatic rings. The van der Waals surface area contributed by atoms with Crippen LogP contribution in [0, 0.1) is 13.3 Å². The first-order chi connectivity index (χ1) is 12.7. The number of hydrogen-bond acceptors (Lipinski definition) is 6. The third-order valence-electron chi connectivity index (χ3n) is 3.42. The fourth-order valence-corrected chi connectivity index (χ4v) is 2.44. The van der Waals surface area contributed by atoms with Crippen LogP contribution in [0.2, 0.25) is 0 Å². The first-order valence-corrected chi connectivity index (χ1v) is 9.30. The summed E-state index contributed by atoms with van der Waals surface area (Å²) >= 11 is 0. The molecule has 0 aliphatic carbocycles. The van der Waals surface area contributed by atoms with E-state index in [1.54, 1.807) is 0 Å². The van der Waals surface area contributed by atoms with Crippen molar-refractivity contribution in [2.75, 3.05) is 26.2 Å². The quantitative estimate of drug-likeness (QED) is 0.339. The summed E-state index contributed by atoms with van der Waals surface area (Å²) in [6, 6.07) is 0. The molecule has 6 nitrogen and oxygen atoms in total. The van der Waals surface area contributed by atoms with Gasteiger partial charge >= 0.3 is 0 Å². The van der Waals surface area contributed by atoms with E-state index in [0.717, 1.165) is 26.2 Å². The van der Waals surface area contributed by atoms with Gasteiger partial charge in [-0.1, -0.05) is 27.7 Å². The van der Waals surface area contributed by atoms with E-state index in [1.165, 1.54) is 25.7 Å². The molecule has 2 aliphatic rings. The van der Waals surface area contributed by atoms with Crippen LogP contribution >= 0.6 is 0 Å². The van der Waals surface area contributed by atoms with Crippen LogP contribution in [0.3, 0.4) is 0 Å². The minimum Gasteiger partial charge on any atom is -0.545 e. The summed E-state index contributed by atoms with van der Waals surface area (Å²) < 4.78 is 0. The Hall–Kier alpha value is -1.49. The van der Waals surface area contributed by atoms with Crippen molar-refractivity contribution in [3.05, 3.63) is 38.1 Å². The van der Waals surface area contributed by atoms with Gasteiger partial charge in [0, 0.05) is 16.5 Å². The zero-order chi connectivity index (χ0) is 20.2. The van der Waals surface area contributed by atoms with Crippen molar-refractivity contribution in [3.63, 3.8) is 0 Å². The van der Waals surface area contributed by atoms with E-state index < -0.39 is 0 Å². The van der Waals surface area contributed by atoms with Gasteiger partial charge in [0.05, 0.1) is 0 Å². The molecule has 2 aliphatic heterocycles. The van der Waals surface area contributed by atoms with Crippen LogP contribution in [0.5, 0.6) is 0 Å². The molecule has 0 bridgehead atoms. The van der Waals surface area contributed by atoms with E-state index >= 15 is 0 Å².